The van der Waals surface area contributed by atoms with Gasteiger partial charge < -0.3 is 15.3 Å². The Morgan fingerprint density at radius 3 is 1.29 bits per heavy atom. The van der Waals surface area contributed by atoms with Gasteiger partial charge in [-0.25, -0.2) is 0 Å². The predicted molar refractivity (Wildman–Crippen MR) is 216 cm³/mol. The third-order valence-electron chi connectivity index (χ3n) is 8.65. The summed E-state index contributed by atoms with van der Waals surface area (Å²) in [6.07, 6.45) is 1.99. The highest BCUT2D eigenvalue weighted by Crippen LogP contribution is 2.49. The molecular formula is C41H34O5S5. The first kappa shape index (κ1) is 35.3. The van der Waals surface area contributed by atoms with E-state index < -0.39 is 11.9 Å². The maximum atomic E-state index is 11.6. The van der Waals surface area contributed by atoms with Gasteiger partial charge in [-0.2, -0.15) is 0 Å². The van der Waals surface area contributed by atoms with Crippen LogP contribution in [0.4, 0.5) is 0 Å². The van der Waals surface area contributed by atoms with Crippen LogP contribution in [0.1, 0.15) is 42.0 Å². The smallest absolute Gasteiger partial charge is 0.303 e. The molecule has 0 amide bonds. The SMILES string of the molecule is CCc1ccc(-c2ccc(-c3cc(CCC(=O)O)c(-c4ccc(-c5sc(-c6ccc(-c7ccc(CO)cc7)s6)cc5CCC(=O)O)s4)s3)s2)cc1. The van der Waals surface area contributed by atoms with Gasteiger partial charge in [0, 0.05) is 61.6 Å². The van der Waals surface area contributed by atoms with Gasteiger partial charge in [0.05, 0.1) is 6.61 Å². The minimum Gasteiger partial charge on any atom is -0.481 e. The number of carboxylic acid groups (broad SMARTS) is 2. The van der Waals surface area contributed by atoms with Crippen LogP contribution in [-0.4, -0.2) is 27.3 Å². The molecule has 0 atom stereocenters. The zero-order chi connectivity index (χ0) is 35.5. The molecule has 5 aromatic heterocycles. The minimum atomic E-state index is -0.825. The van der Waals surface area contributed by atoms with E-state index in [2.05, 4.69) is 79.7 Å². The van der Waals surface area contributed by atoms with Gasteiger partial charge >= 0.3 is 11.9 Å². The lowest BCUT2D eigenvalue weighted by atomic mass is 10.1. The first-order valence-electron chi connectivity index (χ1n) is 16.6. The summed E-state index contributed by atoms with van der Waals surface area (Å²) in [6.45, 7) is 2.17. The van der Waals surface area contributed by atoms with Gasteiger partial charge in [0.1, 0.15) is 0 Å². The highest BCUT2D eigenvalue weighted by molar-refractivity contribution is 7.30. The minimum absolute atomic E-state index is 0.0128. The molecule has 258 valence electrons. The van der Waals surface area contributed by atoms with Crippen molar-refractivity contribution in [1.82, 2.24) is 0 Å². The Morgan fingerprint density at radius 2 is 0.882 bits per heavy atom. The molecule has 51 heavy (non-hydrogen) atoms. The second-order valence-electron chi connectivity index (χ2n) is 12.1. The molecule has 0 aliphatic rings. The molecule has 7 aromatic rings. The monoisotopic (exact) mass is 766 g/mol. The van der Waals surface area contributed by atoms with Gasteiger partial charge in [0.15, 0.2) is 0 Å². The largest absolute Gasteiger partial charge is 0.481 e. The molecule has 7 rings (SSSR count). The van der Waals surface area contributed by atoms with Crippen LogP contribution in [0.3, 0.4) is 0 Å². The lowest BCUT2D eigenvalue weighted by Gasteiger charge is -2.01. The summed E-state index contributed by atoms with van der Waals surface area (Å²) in [5.41, 5.74) is 6.52. The molecule has 5 heterocycles. The number of aryl methyl sites for hydroxylation is 3. The van der Waals surface area contributed by atoms with Gasteiger partial charge in [-0.05, 0) is 101 Å². The standard InChI is InChI=1S/C41H34O5S5/c1-2-24-3-7-26(8-4-24)30-13-15-32(47-30)36-21-28(11-19-38(43)44)40(50-36)34-17-18-35(49-34)41-29(12-20-39(45)46)22-37(51-41)33-16-14-31(48-33)27-9-5-25(23-42)6-10-27/h3-10,13-18,21-22,42H,2,11-12,19-20,23H2,1H3,(H,43,44)(H,45,46). The Hall–Kier alpha value is -4.16. The van der Waals surface area contributed by atoms with Crippen LogP contribution in [0.25, 0.3) is 59.9 Å². The van der Waals surface area contributed by atoms with Gasteiger partial charge in [-0.15, -0.1) is 56.7 Å². The van der Waals surface area contributed by atoms with Crippen molar-refractivity contribution < 1.29 is 24.9 Å². The van der Waals surface area contributed by atoms with Crippen molar-refractivity contribution in [2.45, 2.75) is 45.6 Å². The second-order valence-corrected chi connectivity index (χ2v) is 17.5. The quantitative estimate of drug-likeness (QED) is 0.102. The predicted octanol–water partition coefficient (Wildman–Crippen LogP) is 12.1. The van der Waals surface area contributed by atoms with Crippen LogP contribution in [0.2, 0.25) is 0 Å². The fourth-order valence-corrected chi connectivity index (χ4v) is 11.8. The van der Waals surface area contributed by atoms with Gasteiger partial charge in [0.2, 0.25) is 0 Å². The number of rotatable bonds is 14. The topological polar surface area (TPSA) is 94.8 Å². The summed E-state index contributed by atoms with van der Waals surface area (Å²) in [4.78, 5) is 34.4. The molecule has 0 fully saturated rings. The van der Waals surface area contributed by atoms with E-state index in [1.807, 2.05) is 24.3 Å². The number of aliphatic hydroxyl groups is 1. The lowest BCUT2D eigenvalue weighted by Crippen LogP contribution is -1.97. The van der Waals surface area contributed by atoms with E-state index >= 15 is 0 Å². The van der Waals surface area contributed by atoms with E-state index in [0.717, 1.165) is 72.6 Å². The van der Waals surface area contributed by atoms with Gasteiger partial charge in [-0.3, -0.25) is 9.59 Å². The van der Waals surface area contributed by atoms with Gasteiger partial charge in [-0.1, -0.05) is 55.5 Å². The second kappa shape index (κ2) is 15.6. The molecule has 0 unspecified atom stereocenters. The third kappa shape index (κ3) is 8.02. The van der Waals surface area contributed by atoms with Crippen LogP contribution in [0.5, 0.6) is 0 Å². The molecule has 0 aliphatic heterocycles. The average Bonchev–Trinajstić information content (AvgIpc) is 3.98. The molecule has 2 aromatic carbocycles. The van der Waals surface area contributed by atoms with Crippen LogP contribution in [-0.2, 0) is 35.5 Å². The molecule has 0 saturated carbocycles. The van der Waals surface area contributed by atoms with Gasteiger partial charge in [0.25, 0.3) is 0 Å². The number of thiophene rings is 5. The van der Waals surface area contributed by atoms with E-state index in [1.54, 1.807) is 56.7 Å². The Morgan fingerprint density at radius 1 is 0.490 bits per heavy atom. The molecule has 0 aliphatic carbocycles. The maximum Gasteiger partial charge on any atom is 0.303 e. The Kier molecular flexibility index (Phi) is 10.8. The average molecular weight is 767 g/mol. The third-order valence-corrected chi connectivity index (χ3v) is 15.1. The van der Waals surface area contributed by atoms with Crippen molar-refractivity contribution in [1.29, 1.82) is 0 Å². The fraction of sp³-hybridized carbons (Fsp3) is 0.171. The van der Waals surface area contributed by atoms with Crippen LogP contribution in [0.15, 0.2) is 97.1 Å². The van der Waals surface area contributed by atoms with Crippen LogP contribution < -0.4 is 0 Å². The molecule has 5 nitrogen and oxygen atoms in total. The molecular weight excluding hydrogens is 733 g/mol. The van der Waals surface area contributed by atoms with Crippen molar-refractivity contribution in [2.24, 2.45) is 0 Å². The molecule has 0 spiro atoms. The van der Waals surface area contributed by atoms with Crippen molar-refractivity contribution in [3.8, 4) is 59.9 Å². The summed E-state index contributed by atoms with van der Waals surface area (Å²) < 4.78 is 0. The number of hydrogen-bond donors (Lipinski definition) is 3. The number of carbonyl (C=O) groups is 2. The summed E-state index contributed by atoms with van der Waals surface area (Å²) in [5, 5.41) is 28.5. The number of aliphatic carboxylic acids is 2. The lowest BCUT2D eigenvalue weighted by molar-refractivity contribution is -0.138. The molecule has 3 N–H and O–H groups in total. The highest BCUT2D eigenvalue weighted by atomic mass is 32.1. The van der Waals surface area contributed by atoms with Crippen molar-refractivity contribution in [3.05, 3.63) is 119 Å². The first-order valence-corrected chi connectivity index (χ1v) is 20.7. The number of aliphatic hydroxyl groups excluding tert-OH is 1. The zero-order valence-corrected chi connectivity index (χ0v) is 31.8. The van der Waals surface area contributed by atoms with E-state index in [1.165, 1.54) is 16.0 Å². The Labute approximate surface area is 316 Å². The number of carboxylic acids is 2. The van der Waals surface area contributed by atoms with Crippen LogP contribution in [0, 0.1) is 0 Å². The number of hydrogen-bond acceptors (Lipinski definition) is 8. The summed E-state index contributed by atoms with van der Waals surface area (Å²) in [6, 6.07) is 33.7. The molecule has 0 radical (unpaired) electrons. The van der Waals surface area contributed by atoms with E-state index in [9.17, 15) is 24.9 Å². The Bertz CT molecular complexity index is 2140. The normalized spacial score (nSPS) is 11.3. The first-order chi connectivity index (χ1) is 24.8. The van der Waals surface area contributed by atoms with Crippen molar-refractivity contribution in [3.63, 3.8) is 0 Å². The van der Waals surface area contributed by atoms with E-state index in [-0.39, 0.29) is 19.4 Å². The number of benzene rings is 2. The van der Waals surface area contributed by atoms with E-state index in [4.69, 9.17) is 0 Å². The molecule has 0 saturated heterocycles. The summed E-state index contributed by atoms with van der Waals surface area (Å²) in [5.74, 6) is -1.64. The fourth-order valence-electron chi connectivity index (χ4n) is 5.88. The maximum absolute atomic E-state index is 11.6. The van der Waals surface area contributed by atoms with Crippen LogP contribution >= 0.6 is 56.7 Å². The summed E-state index contributed by atoms with van der Waals surface area (Å²) in [7, 11) is 0. The van der Waals surface area contributed by atoms with E-state index in [0.29, 0.717) is 12.8 Å². The molecule has 10 heteroatoms. The van der Waals surface area contributed by atoms with Crippen molar-refractivity contribution >= 4 is 68.6 Å². The molecule has 0 bridgehead atoms. The van der Waals surface area contributed by atoms with Crippen molar-refractivity contribution in [2.75, 3.05) is 0 Å². The highest BCUT2D eigenvalue weighted by Gasteiger charge is 2.20. The Balaban J connectivity index is 1.21. The summed E-state index contributed by atoms with van der Waals surface area (Å²) >= 11 is 8.52. The zero-order valence-electron chi connectivity index (χ0n) is 27.7.